The van der Waals surface area contributed by atoms with Gasteiger partial charge in [0.15, 0.2) is 0 Å². The van der Waals surface area contributed by atoms with Gasteiger partial charge in [-0.1, -0.05) is 37.3 Å². The van der Waals surface area contributed by atoms with E-state index in [0.717, 1.165) is 19.0 Å². The van der Waals surface area contributed by atoms with Crippen LogP contribution in [0.2, 0.25) is 0 Å². The van der Waals surface area contributed by atoms with Crippen molar-refractivity contribution in [3.63, 3.8) is 0 Å². The van der Waals surface area contributed by atoms with E-state index in [0.29, 0.717) is 0 Å². The van der Waals surface area contributed by atoms with E-state index in [-0.39, 0.29) is 0 Å². The highest BCUT2D eigenvalue weighted by molar-refractivity contribution is 5.14. The molecule has 0 amide bonds. The molecule has 2 nitrogen and oxygen atoms in total. The van der Waals surface area contributed by atoms with E-state index in [1.165, 1.54) is 44.5 Å². The van der Waals surface area contributed by atoms with Gasteiger partial charge in [-0.15, -0.1) is 0 Å². The molecule has 2 rings (SSSR count). The summed E-state index contributed by atoms with van der Waals surface area (Å²) in [5.41, 5.74) is 1.44. The summed E-state index contributed by atoms with van der Waals surface area (Å²) in [5, 5.41) is 3.73. The summed E-state index contributed by atoms with van der Waals surface area (Å²) < 4.78 is 0. The normalized spacial score (nSPS) is 21.7. The van der Waals surface area contributed by atoms with Crippen LogP contribution in [-0.2, 0) is 6.42 Å². The van der Waals surface area contributed by atoms with Crippen LogP contribution >= 0.6 is 0 Å². The molecule has 1 aliphatic heterocycles. The molecule has 2 heteroatoms. The molecular weight excluding hydrogens is 220 g/mol. The number of likely N-dealkylation sites (tertiary alicyclic amines) is 1. The maximum Gasteiger partial charge on any atom is 0.00798 e. The lowest BCUT2D eigenvalue weighted by atomic mass is 10.1. The van der Waals surface area contributed by atoms with Crippen LogP contribution < -0.4 is 5.32 Å². The van der Waals surface area contributed by atoms with Gasteiger partial charge >= 0.3 is 0 Å². The Labute approximate surface area is 111 Å². The van der Waals surface area contributed by atoms with Crippen molar-refractivity contribution in [1.82, 2.24) is 10.2 Å². The predicted molar refractivity (Wildman–Crippen MR) is 77.9 cm³/mol. The third-order valence-corrected chi connectivity index (χ3v) is 3.96. The number of hydrogen-bond donors (Lipinski definition) is 1. The Morgan fingerprint density at radius 2 is 2.00 bits per heavy atom. The first-order valence-electron chi connectivity index (χ1n) is 7.38. The third-order valence-electron chi connectivity index (χ3n) is 3.96. The van der Waals surface area contributed by atoms with E-state index in [1.54, 1.807) is 0 Å². The van der Waals surface area contributed by atoms with Crippen LogP contribution in [0, 0.1) is 0 Å². The molecule has 100 valence electrons. The van der Waals surface area contributed by atoms with E-state index < -0.39 is 0 Å². The molecule has 0 spiro atoms. The average molecular weight is 246 g/mol. The number of nitrogens with zero attached hydrogens (tertiary/aromatic N) is 1. The van der Waals surface area contributed by atoms with Gasteiger partial charge in [-0.3, -0.25) is 0 Å². The summed E-state index contributed by atoms with van der Waals surface area (Å²) >= 11 is 0. The van der Waals surface area contributed by atoms with Gasteiger partial charge in [0.25, 0.3) is 0 Å². The maximum atomic E-state index is 3.73. The fourth-order valence-corrected chi connectivity index (χ4v) is 2.74. The van der Waals surface area contributed by atoms with Gasteiger partial charge in [0, 0.05) is 6.04 Å². The Morgan fingerprint density at radius 1 is 1.17 bits per heavy atom. The largest absolute Gasteiger partial charge is 0.314 e. The second-order valence-corrected chi connectivity index (χ2v) is 5.25. The molecule has 0 aromatic heterocycles. The van der Waals surface area contributed by atoms with Crippen molar-refractivity contribution in [3.05, 3.63) is 35.9 Å². The van der Waals surface area contributed by atoms with Crippen LogP contribution in [0.25, 0.3) is 0 Å². The zero-order chi connectivity index (χ0) is 12.6. The molecule has 0 saturated carbocycles. The molecule has 1 atom stereocenters. The first-order valence-corrected chi connectivity index (χ1v) is 7.38. The maximum absolute atomic E-state index is 3.73. The van der Waals surface area contributed by atoms with Crippen molar-refractivity contribution in [2.45, 2.75) is 38.6 Å². The lowest BCUT2D eigenvalue weighted by molar-refractivity contribution is 0.297. The minimum absolute atomic E-state index is 0.727. The Morgan fingerprint density at radius 3 is 2.78 bits per heavy atom. The van der Waals surface area contributed by atoms with Crippen LogP contribution in [-0.4, -0.2) is 37.1 Å². The highest BCUT2D eigenvalue weighted by Gasteiger charge is 2.14. The summed E-state index contributed by atoms with van der Waals surface area (Å²) in [5.74, 6) is 0. The Hall–Kier alpha value is -0.860. The van der Waals surface area contributed by atoms with Crippen molar-refractivity contribution in [2.75, 3.05) is 26.2 Å². The molecule has 1 unspecified atom stereocenters. The van der Waals surface area contributed by atoms with E-state index in [9.17, 15) is 0 Å². The molecule has 1 aromatic carbocycles. The highest BCUT2D eigenvalue weighted by atomic mass is 15.1. The van der Waals surface area contributed by atoms with Gasteiger partial charge < -0.3 is 10.2 Å². The fourth-order valence-electron chi connectivity index (χ4n) is 2.74. The molecule has 18 heavy (non-hydrogen) atoms. The Kier molecular flexibility index (Phi) is 5.69. The van der Waals surface area contributed by atoms with Crippen LogP contribution in [0.1, 0.15) is 31.7 Å². The summed E-state index contributed by atoms with van der Waals surface area (Å²) in [6, 6.07) is 11.5. The Balaban J connectivity index is 1.67. The highest BCUT2D eigenvalue weighted by Crippen LogP contribution is 2.10. The minimum Gasteiger partial charge on any atom is -0.314 e. The van der Waals surface area contributed by atoms with Crippen molar-refractivity contribution < 1.29 is 0 Å². The summed E-state index contributed by atoms with van der Waals surface area (Å²) in [6.07, 6.45) is 5.14. The zero-order valence-corrected chi connectivity index (χ0v) is 11.6. The van der Waals surface area contributed by atoms with Crippen LogP contribution in [0.3, 0.4) is 0 Å². The SMILES string of the molecule is CCN1CCCC(NCCc2ccccc2)CC1. The van der Waals surface area contributed by atoms with Crippen LogP contribution in [0.5, 0.6) is 0 Å². The monoisotopic (exact) mass is 246 g/mol. The lowest BCUT2D eigenvalue weighted by Gasteiger charge is -2.18. The first kappa shape index (κ1) is 13.6. The zero-order valence-electron chi connectivity index (χ0n) is 11.6. The van der Waals surface area contributed by atoms with E-state index >= 15 is 0 Å². The van der Waals surface area contributed by atoms with Crippen molar-refractivity contribution >= 4 is 0 Å². The van der Waals surface area contributed by atoms with Gasteiger partial charge in [-0.05, 0) is 57.4 Å². The number of rotatable bonds is 5. The molecule has 0 radical (unpaired) electrons. The Bertz CT molecular complexity index is 323. The van der Waals surface area contributed by atoms with Gasteiger partial charge in [0.1, 0.15) is 0 Å². The average Bonchev–Trinajstić information content (AvgIpc) is 2.65. The van der Waals surface area contributed by atoms with E-state index in [4.69, 9.17) is 0 Å². The number of nitrogens with one attached hydrogen (secondary N) is 1. The third kappa shape index (κ3) is 4.43. The van der Waals surface area contributed by atoms with Gasteiger partial charge in [0.2, 0.25) is 0 Å². The van der Waals surface area contributed by atoms with Crippen molar-refractivity contribution in [2.24, 2.45) is 0 Å². The second-order valence-electron chi connectivity index (χ2n) is 5.25. The minimum atomic E-state index is 0.727. The van der Waals surface area contributed by atoms with E-state index in [2.05, 4.69) is 47.5 Å². The quantitative estimate of drug-likeness (QED) is 0.859. The van der Waals surface area contributed by atoms with Crippen LogP contribution in [0.15, 0.2) is 30.3 Å². The predicted octanol–water partition coefficient (Wildman–Crippen LogP) is 2.69. The molecule has 0 aliphatic carbocycles. The van der Waals surface area contributed by atoms with Crippen molar-refractivity contribution in [1.29, 1.82) is 0 Å². The molecule has 1 N–H and O–H groups in total. The molecule has 1 saturated heterocycles. The number of benzene rings is 1. The molecule has 1 aliphatic rings. The molecule has 0 bridgehead atoms. The fraction of sp³-hybridized carbons (Fsp3) is 0.625. The van der Waals surface area contributed by atoms with E-state index in [1.807, 2.05) is 0 Å². The van der Waals surface area contributed by atoms with Crippen LogP contribution in [0.4, 0.5) is 0 Å². The second kappa shape index (κ2) is 7.55. The molecule has 1 fully saturated rings. The molecular formula is C16H26N2. The first-order chi connectivity index (χ1) is 8.88. The van der Waals surface area contributed by atoms with Gasteiger partial charge in [0.05, 0.1) is 0 Å². The smallest absolute Gasteiger partial charge is 0.00798 e. The summed E-state index contributed by atoms with van der Waals surface area (Å²) in [7, 11) is 0. The van der Waals surface area contributed by atoms with Gasteiger partial charge in [-0.25, -0.2) is 0 Å². The van der Waals surface area contributed by atoms with Crippen molar-refractivity contribution in [3.8, 4) is 0 Å². The van der Waals surface area contributed by atoms with Gasteiger partial charge in [-0.2, -0.15) is 0 Å². The molecule has 1 aromatic rings. The lowest BCUT2D eigenvalue weighted by Crippen LogP contribution is -2.32. The standard InChI is InChI=1S/C16H26N2/c1-2-18-13-6-9-16(11-14-18)17-12-10-15-7-4-3-5-8-15/h3-5,7-8,16-17H,2,6,9-14H2,1H3. The number of hydrogen-bond acceptors (Lipinski definition) is 2. The summed E-state index contributed by atoms with van der Waals surface area (Å²) in [6.45, 7) is 7.13. The topological polar surface area (TPSA) is 15.3 Å². The molecule has 1 heterocycles. The summed E-state index contributed by atoms with van der Waals surface area (Å²) in [4.78, 5) is 2.57.